The standard InChI is InChI=1S/C23H18N4OS/c28-22(27-23-24-12-13-29-23)20-14-17-16-8-4-5-9-18(16)26-21(17)19(25-20)11-10-15-6-2-1-3-7-15/h1-9,12-14,26H,10-11H2,(H,24,27,28). The molecule has 2 aromatic carbocycles. The maximum absolute atomic E-state index is 12.8. The lowest BCUT2D eigenvalue weighted by molar-refractivity contribution is 0.102. The molecular weight excluding hydrogens is 380 g/mol. The molecule has 1 amide bonds. The van der Waals surface area contributed by atoms with Crippen molar-refractivity contribution in [2.24, 2.45) is 0 Å². The Kier molecular flexibility index (Phi) is 4.54. The molecule has 0 aliphatic heterocycles. The van der Waals surface area contributed by atoms with Crippen LogP contribution in [0.2, 0.25) is 0 Å². The molecule has 0 aliphatic carbocycles. The van der Waals surface area contributed by atoms with Gasteiger partial charge in [0.1, 0.15) is 5.69 Å². The number of thiazole rings is 1. The van der Waals surface area contributed by atoms with Crippen molar-refractivity contribution in [2.75, 3.05) is 5.32 Å². The Morgan fingerprint density at radius 3 is 2.66 bits per heavy atom. The van der Waals surface area contributed by atoms with Gasteiger partial charge in [-0.2, -0.15) is 0 Å². The normalized spacial score (nSPS) is 11.2. The molecule has 0 fully saturated rings. The summed E-state index contributed by atoms with van der Waals surface area (Å²) >= 11 is 1.39. The molecule has 5 aromatic rings. The molecule has 0 bridgehead atoms. The lowest BCUT2D eigenvalue weighted by Gasteiger charge is -2.07. The number of hydrogen-bond donors (Lipinski definition) is 2. The summed E-state index contributed by atoms with van der Waals surface area (Å²) in [4.78, 5) is 25.2. The summed E-state index contributed by atoms with van der Waals surface area (Å²) in [5.74, 6) is -0.243. The van der Waals surface area contributed by atoms with Crippen LogP contribution in [0, 0.1) is 0 Å². The number of hydrogen-bond acceptors (Lipinski definition) is 4. The Bertz CT molecular complexity index is 1290. The number of pyridine rings is 1. The molecule has 0 radical (unpaired) electrons. The molecule has 0 saturated heterocycles. The van der Waals surface area contributed by atoms with E-state index in [0.29, 0.717) is 10.8 Å². The van der Waals surface area contributed by atoms with Crippen molar-refractivity contribution in [3.8, 4) is 0 Å². The van der Waals surface area contributed by atoms with Crippen molar-refractivity contribution < 1.29 is 4.79 Å². The summed E-state index contributed by atoms with van der Waals surface area (Å²) in [7, 11) is 0. The third-order valence-corrected chi connectivity index (χ3v) is 5.64. The molecule has 0 atom stereocenters. The van der Waals surface area contributed by atoms with Crippen molar-refractivity contribution in [2.45, 2.75) is 12.8 Å². The van der Waals surface area contributed by atoms with Crippen LogP contribution in [0.4, 0.5) is 5.13 Å². The molecule has 3 aromatic heterocycles. The predicted molar refractivity (Wildman–Crippen MR) is 118 cm³/mol. The maximum atomic E-state index is 12.8. The third kappa shape index (κ3) is 3.50. The lowest BCUT2D eigenvalue weighted by Crippen LogP contribution is -2.14. The molecule has 0 unspecified atom stereocenters. The number of H-pyrrole nitrogens is 1. The van der Waals surface area contributed by atoms with Gasteiger partial charge in [0.15, 0.2) is 5.13 Å². The van der Waals surface area contributed by atoms with Gasteiger partial charge in [-0.3, -0.25) is 10.1 Å². The van der Waals surface area contributed by atoms with E-state index in [1.54, 1.807) is 6.20 Å². The number of nitrogens with one attached hydrogen (secondary N) is 2. The summed E-state index contributed by atoms with van der Waals surface area (Å²) in [5.41, 5.74) is 4.58. The number of anilines is 1. The van der Waals surface area contributed by atoms with Crippen LogP contribution in [0.15, 0.2) is 72.2 Å². The van der Waals surface area contributed by atoms with Crippen LogP contribution in [0.3, 0.4) is 0 Å². The van der Waals surface area contributed by atoms with E-state index in [1.807, 2.05) is 47.8 Å². The third-order valence-electron chi connectivity index (χ3n) is 4.95. The molecule has 0 aliphatic rings. The number of aromatic nitrogens is 3. The number of benzene rings is 2. The number of para-hydroxylation sites is 1. The summed E-state index contributed by atoms with van der Waals surface area (Å²) in [6.45, 7) is 0. The van der Waals surface area contributed by atoms with Gasteiger partial charge in [-0.1, -0.05) is 48.5 Å². The van der Waals surface area contributed by atoms with Crippen LogP contribution >= 0.6 is 11.3 Å². The van der Waals surface area contributed by atoms with E-state index in [0.717, 1.165) is 40.3 Å². The highest BCUT2D eigenvalue weighted by Crippen LogP contribution is 2.28. The number of aryl methyl sites for hydroxylation is 2. The monoisotopic (exact) mass is 398 g/mol. The Hall–Kier alpha value is -3.51. The molecule has 5 nitrogen and oxygen atoms in total. The molecule has 142 valence electrons. The highest BCUT2D eigenvalue weighted by molar-refractivity contribution is 7.13. The zero-order valence-corrected chi connectivity index (χ0v) is 16.4. The van der Waals surface area contributed by atoms with Crippen LogP contribution in [0.5, 0.6) is 0 Å². The molecular formula is C23H18N4OS. The average Bonchev–Trinajstić information content (AvgIpc) is 3.40. The van der Waals surface area contributed by atoms with Gasteiger partial charge >= 0.3 is 0 Å². The van der Waals surface area contributed by atoms with Crippen molar-refractivity contribution in [1.29, 1.82) is 0 Å². The minimum Gasteiger partial charge on any atom is -0.353 e. The number of nitrogens with zero attached hydrogens (tertiary/aromatic N) is 2. The highest BCUT2D eigenvalue weighted by atomic mass is 32.1. The van der Waals surface area contributed by atoms with E-state index in [-0.39, 0.29) is 5.91 Å². The fraction of sp³-hybridized carbons (Fsp3) is 0.0870. The summed E-state index contributed by atoms with van der Waals surface area (Å²) < 4.78 is 0. The number of fused-ring (bicyclic) bond motifs is 3. The maximum Gasteiger partial charge on any atom is 0.276 e. The highest BCUT2D eigenvalue weighted by Gasteiger charge is 2.16. The van der Waals surface area contributed by atoms with Gasteiger partial charge in [0.2, 0.25) is 0 Å². The molecule has 6 heteroatoms. The Labute approximate surface area is 171 Å². The summed E-state index contributed by atoms with van der Waals surface area (Å²) in [6.07, 6.45) is 3.27. The zero-order chi connectivity index (χ0) is 19.6. The van der Waals surface area contributed by atoms with Gasteiger partial charge < -0.3 is 4.98 Å². The first kappa shape index (κ1) is 17.6. The van der Waals surface area contributed by atoms with Gasteiger partial charge in [0, 0.05) is 27.9 Å². The zero-order valence-electron chi connectivity index (χ0n) is 15.6. The van der Waals surface area contributed by atoms with Crippen LogP contribution in [0.1, 0.15) is 21.7 Å². The van der Waals surface area contributed by atoms with Gasteiger partial charge in [0.05, 0.1) is 11.2 Å². The van der Waals surface area contributed by atoms with Gasteiger partial charge in [-0.15, -0.1) is 11.3 Å². The second kappa shape index (κ2) is 7.48. The first-order valence-corrected chi connectivity index (χ1v) is 10.3. The molecule has 2 N–H and O–H groups in total. The predicted octanol–water partition coefficient (Wildman–Crippen LogP) is 5.21. The number of rotatable bonds is 5. The Morgan fingerprint density at radius 2 is 1.83 bits per heavy atom. The largest absolute Gasteiger partial charge is 0.353 e. The minimum atomic E-state index is -0.243. The molecule has 3 heterocycles. The van der Waals surface area contributed by atoms with E-state index in [2.05, 4.69) is 33.5 Å². The number of carbonyl (C=O) groups is 1. The van der Waals surface area contributed by atoms with Crippen LogP contribution in [-0.4, -0.2) is 20.9 Å². The van der Waals surface area contributed by atoms with E-state index in [1.165, 1.54) is 16.9 Å². The van der Waals surface area contributed by atoms with E-state index >= 15 is 0 Å². The van der Waals surface area contributed by atoms with Crippen molar-refractivity contribution in [3.05, 3.63) is 89.2 Å². The van der Waals surface area contributed by atoms with Crippen molar-refractivity contribution in [3.63, 3.8) is 0 Å². The van der Waals surface area contributed by atoms with E-state index in [4.69, 9.17) is 4.98 Å². The average molecular weight is 398 g/mol. The first-order valence-electron chi connectivity index (χ1n) is 9.43. The second-order valence-corrected chi connectivity index (χ2v) is 7.72. The van der Waals surface area contributed by atoms with Crippen LogP contribution in [-0.2, 0) is 12.8 Å². The lowest BCUT2D eigenvalue weighted by atomic mass is 10.1. The summed E-state index contributed by atoms with van der Waals surface area (Å²) in [6, 6.07) is 20.3. The smallest absolute Gasteiger partial charge is 0.276 e. The minimum absolute atomic E-state index is 0.243. The fourth-order valence-electron chi connectivity index (χ4n) is 3.56. The SMILES string of the molecule is O=C(Nc1nccs1)c1cc2c([nH]c3ccccc32)c(CCc2ccccc2)n1. The van der Waals surface area contributed by atoms with E-state index in [9.17, 15) is 4.79 Å². The number of amides is 1. The number of carbonyl (C=O) groups excluding carboxylic acids is 1. The first-order chi connectivity index (χ1) is 14.3. The Balaban J connectivity index is 1.58. The van der Waals surface area contributed by atoms with Crippen molar-refractivity contribution >= 4 is 44.2 Å². The fourth-order valence-corrected chi connectivity index (χ4v) is 4.09. The van der Waals surface area contributed by atoms with Gasteiger partial charge in [-0.25, -0.2) is 9.97 Å². The van der Waals surface area contributed by atoms with Crippen LogP contribution in [0.25, 0.3) is 21.8 Å². The van der Waals surface area contributed by atoms with Gasteiger partial charge in [0.25, 0.3) is 5.91 Å². The van der Waals surface area contributed by atoms with Crippen LogP contribution < -0.4 is 5.32 Å². The molecule has 0 spiro atoms. The quantitative estimate of drug-likeness (QED) is 0.427. The molecule has 5 rings (SSSR count). The topological polar surface area (TPSA) is 70.7 Å². The summed E-state index contributed by atoms with van der Waals surface area (Å²) in [5, 5.41) is 7.35. The number of aromatic amines is 1. The second-order valence-electron chi connectivity index (χ2n) is 6.82. The Morgan fingerprint density at radius 1 is 1.00 bits per heavy atom. The molecule has 0 saturated carbocycles. The van der Waals surface area contributed by atoms with Gasteiger partial charge in [-0.05, 0) is 30.5 Å². The molecule has 29 heavy (non-hydrogen) atoms. The van der Waals surface area contributed by atoms with E-state index < -0.39 is 0 Å². The van der Waals surface area contributed by atoms with Crippen molar-refractivity contribution in [1.82, 2.24) is 15.0 Å².